The number of rotatable bonds is 4. The average molecular weight is 234 g/mol. The molecule has 0 spiro atoms. The fourth-order valence-corrected chi connectivity index (χ4v) is 1.05. The summed E-state index contributed by atoms with van der Waals surface area (Å²) in [6, 6.07) is 7.13. The summed E-state index contributed by atoms with van der Waals surface area (Å²) in [7, 11) is 2.92. The fourth-order valence-electron chi connectivity index (χ4n) is 1.05. The first-order valence-electron chi connectivity index (χ1n) is 5.08. The van der Waals surface area contributed by atoms with Gasteiger partial charge in [0.25, 0.3) is 0 Å². The number of ether oxygens (including phenoxy) is 3. The maximum atomic E-state index is 10.8. The molecule has 17 heavy (non-hydrogen) atoms. The van der Waals surface area contributed by atoms with Gasteiger partial charge in [-0.2, -0.15) is 0 Å². The van der Waals surface area contributed by atoms with Crippen molar-refractivity contribution < 1.29 is 19.0 Å². The summed E-state index contributed by atoms with van der Waals surface area (Å²) < 4.78 is 14.7. The van der Waals surface area contributed by atoms with E-state index in [1.165, 1.54) is 7.11 Å². The molecule has 0 atom stereocenters. The van der Waals surface area contributed by atoms with Gasteiger partial charge in [-0.1, -0.05) is 5.92 Å². The Kier molecular flexibility index (Phi) is 5.62. The number of carbonyl (C=O) groups excluding carboxylic acids is 1. The molecule has 0 aliphatic rings. The molecule has 0 saturated carbocycles. The van der Waals surface area contributed by atoms with Crippen LogP contribution in [0.15, 0.2) is 24.3 Å². The van der Waals surface area contributed by atoms with E-state index in [1.54, 1.807) is 31.4 Å². The smallest absolute Gasteiger partial charge is 0.384 e. The molecule has 0 saturated heterocycles. The van der Waals surface area contributed by atoms with Crippen LogP contribution in [0.2, 0.25) is 0 Å². The minimum absolute atomic E-state index is 0.504. The van der Waals surface area contributed by atoms with Crippen LogP contribution in [-0.4, -0.2) is 33.4 Å². The second-order valence-electron chi connectivity index (χ2n) is 3.11. The van der Waals surface area contributed by atoms with E-state index in [4.69, 9.17) is 9.47 Å². The van der Waals surface area contributed by atoms with Gasteiger partial charge < -0.3 is 14.2 Å². The van der Waals surface area contributed by atoms with E-state index in [1.807, 2.05) is 0 Å². The molecule has 0 amide bonds. The Morgan fingerprint density at radius 2 is 1.88 bits per heavy atom. The van der Waals surface area contributed by atoms with Gasteiger partial charge in [0.2, 0.25) is 0 Å². The first kappa shape index (κ1) is 13.1. The van der Waals surface area contributed by atoms with E-state index in [0.29, 0.717) is 13.2 Å². The molecule has 1 aromatic rings. The van der Waals surface area contributed by atoms with Crippen molar-refractivity contribution in [1.29, 1.82) is 0 Å². The fraction of sp³-hybridized carbons (Fsp3) is 0.308. The molecule has 0 heterocycles. The Morgan fingerprint density at radius 3 is 2.47 bits per heavy atom. The zero-order valence-corrected chi connectivity index (χ0v) is 9.86. The Balaban J connectivity index is 2.54. The van der Waals surface area contributed by atoms with Crippen molar-refractivity contribution in [2.24, 2.45) is 0 Å². The van der Waals surface area contributed by atoms with Crippen molar-refractivity contribution in [3.8, 4) is 17.6 Å². The van der Waals surface area contributed by atoms with Gasteiger partial charge in [-0.15, -0.1) is 0 Å². The molecular formula is C13H14O4. The van der Waals surface area contributed by atoms with Gasteiger partial charge in [0.15, 0.2) is 0 Å². The van der Waals surface area contributed by atoms with E-state index in [2.05, 4.69) is 16.6 Å². The molecular weight excluding hydrogens is 220 g/mol. The maximum Gasteiger partial charge on any atom is 0.384 e. The lowest BCUT2D eigenvalue weighted by molar-refractivity contribution is -0.133. The molecule has 0 bridgehead atoms. The molecule has 90 valence electrons. The second kappa shape index (κ2) is 7.31. The summed E-state index contributed by atoms with van der Waals surface area (Å²) in [6.07, 6.45) is 0. The van der Waals surface area contributed by atoms with Gasteiger partial charge in [0.05, 0.1) is 13.7 Å². The predicted octanol–water partition coefficient (Wildman–Crippen LogP) is 1.24. The maximum absolute atomic E-state index is 10.8. The molecule has 1 rings (SSSR count). The Bertz CT molecular complexity index is 411. The molecule has 4 heteroatoms. The first-order valence-corrected chi connectivity index (χ1v) is 5.08. The topological polar surface area (TPSA) is 44.8 Å². The van der Waals surface area contributed by atoms with E-state index in [0.717, 1.165) is 11.3 Å². The molecule has 0 aromatic heterocycles. The molecule has 0 fully saturated rings. The van der Waals surface area contributed by atoms with E-state index in [-0.39, 0.29) is 0 Å². The van der Waals surface area contributed by atoms with Crippen LogP contribution in [0, 0.1) is 11.8 Å². The van der Waals surface area contributed by atoms with Crippen molar-refractivity contribution in [2.75, 3.05) is 27.4 Å². The Hall–Kier alpha value is -1.99. The molecule has 0 aliphatic carbocycles. The molecule has 0 aliphatic heterocycles. The van der Waals surface area contributed by atoms with Gasteiger partial charge in [-0.3, -0.25) is 0 Å². The lowest BCUT2D eigenvalue weighted by atomic mass is 10.2. The zero-order chi connectivity index (χ0) is 12.5. The summed E-state index contributed by atoms with van der Waals surface area (Å²) in [5.74, 6) is 5.22. The Morgan fingerprint density at radius 1 is 1.18 bits per heavy atom. The summed E-state index contributed by atoms with van der Waals surface area (Å²) in [5.41, 5.74) is 0.731. The lowest BCUT2D eigenvalue weighted by Crippen LogP contribution is -2.03. The third-order valence-corrected chi connectivity index (χ3v) is 1.90. The number of carbonyl (C=O) groups is 1. The van der Waals surface area contributed by atoms with E-state index < -0.39 is 5.97 Å². The summed E-state index contributed by atoms with van der Waals surface area (Å²) in [5, 5.41) is 0. The summed E-state index contributed by atoms with van der Waals surface area (Å²) in [6.45, 7) is 1.05. The van der Waals surface area contributed by atoms with Gasteiger partial charge in [0.1, 0.15) is 12.4 Å². The van der Waals surface area contributed by atoms with Crippen LogP contribution in [0.5, 0.6) is 5.75 Å². The standard InChI is InChI=1S/C13H14O4/c1-15-9-10-17-12-6-3-11(4-7-12)5-8-13(14)16-2/h3-4,6-7H,9-10H2,1-2H3. The number of benzene rings is 1. The highest BCUT2D eigenvalue weighted by Gasteiger charge is 1.94. The third-order valence-electron chi connectivity index (χ3n) is 1.90. The second-order valence-corrected chi connectivity index (χ2v) is 3.11. The van der Waals surface area contributed by atoms with Gasteiger partial charge >= 0.3 is 5.97 Å². The van der Waals surface area contributed by atoms with Gasteiger partial charge in [-0.25, -0.2) is 4.79 Å². The van der Waals surface area contributed by atoms with Crippen molar-refractivity contribution >= 4 is 5.97 Å². The Labute approximate surface area is 100 Å². The largest absolute Gasteiger partial charge is 0.491 e. The van der Waals surface area contributed by atoms with Crippen molar-refractivity contribution in [3.05, 3.63) is 29.8 Å². The molecule has 4 nitrogen and oxygen atoms in total. The molecule has 0 radical (unpaired) electrons. The number of hydrogen-bond donors (Lipinski definition) is 0. The monoisotopic (exact) mass is 234 g/mol. The van der Waals surface area contributed by atoms with E-state index >= 15 is 0 Å². The van der Waals surface area contributed by atoms with Crippen LogP contribution in [-0.2, 0) is 14.3 Å². The zero-order valence-electron chi connectivity index (χ0n) is 9.86. The molecule has 0 N–H and O–H groups in total. The lowest BCUT2D eigenvalue weighted by Gasteiger charge is -2.04. The molecule has 1 aromatic carbocycles. The van der Waals surface area contributed by atoms with E-state index in [9.17, 15) is 4.79 Å². The normalized spacial score (nSPS) is 9.06. The first-order chi connectivity index (χ1) is 8.26. The summed E-state index contributed by atoms with van der Waals surface area (Å²) >= 11 is 0. The van der Waals surface area contributed by atoms with Crippen LogP contribution in [0.25, 0.3) is 0 Å². The van der Waals surface area contributed by atoms with Crippen LogP contribution in [0.1, 0.15) is 5.56 Å². The van der Waals surface area contributed by atoms with Crippen molar-refractivity contribution in [3.63, 3.8) is 0 Å². The highest BCUT2D eigenvalue weighted by atomic mass is 16.5. The van der Waals surface area contributed by atoms with Crippen LogP contribution in [0.4, 0.5) is 0 Å². The van der Waals surface area contributed by atoms with Crippen LogP contribution >= 0.6 is 0 Å². The average Bonchev–Trinajstić information content (AvgIpc) is 2.37. The molecule has 0 unspecified atom stereocenters. The third kappa shape index (κ3) is 5.05. The number of methoxy groups -OCH3 is 2. The number of esters is 1. The number of hydrogen-bond acceptors (Lipinski definition) is 4. The minimum Gasteiger partial charge on any atom is -0.491 e. The quantitative estimate of drug-likeness (QED) is 0.446. The highest BCUT2D eigenvalue weighted by Crippen LogP contribution is 2.11. The van der Waals surface area contributed by atoms with Crippen molar-refractivity contribution in [1.82, 2.24) is 0 Å². The van der Waals surface area contributed by atoms with Gasteiger partial charge in [-0.05, 0) is 24.3 Å². The van der Waals surface area contributed by atoms with Gasteiger partial charge in [0, 0.05) is 18.6 Å². The van der Waals surface area contributed by atoms with Crippen LogP contribution in [0.3, 0.4) is 0 Å². The predicted molar refractivity (Wildman–Crippen MR) is 62.7 cm³/mol. The van der Waals surface area contributed by atoms with Crippen molar-refractivity contribution in [2.45, 2.75) is 0 Å². The summed E-state index contributed by atoms with van der Waals surface area (Å²) in [4.78, 5) is 10.8. The SMILES string of the molecule is COCCOc1ccc(C#CC(=O)OC)cc1. The van der Waals surface area contributed by atoms with Crippen LogP contribution < -0.4 is 4.74 Å². The highest BCUT2D eigenvalue weighted by molar-refractivity contribution is 5.88. The minimum atomic E-state index is -0.551.